The summed E-state index contributed by atoms with van der Waals surface area (Å²) < 4.78 is 0. The van der Waals surface area contributed by atoms with Gasteiger partial charge in [0.1, 0.15) is 0 Å². The molecule has 106 valence electrons. The molecule has 0 radical (unpaired) electrons. The largest absolute Gasteiger partial charge is 0.390 e. The molecule has 4 saturated carbocycles. The van der Waals surface area contributed by atoms with Crippen molar-refractivity contribution in [2.45, 2.75) is 56.1 Å². The Morgan fingerprint density at radius 3 is 2.47 bits per heavy atom. The van der Waals surface area contributed by atoms with Crippen molar-refractivity contribution in [1.82, 2.24) is 4.90 Å². The number of likely N-dealkylation sites (tertiary alicyclic amines) is 1. The van der Waals surface area contributed by atoms with Crippen molar-refractivity contribution >= 4 is 17.5 Å². The number of carbonyl (C=O) groups is 1. The fourth-order valence-electron chi connectivity index (χ4n) is 5.83. The first-order valence-corrected chi connectivity index (χ1v) is 8.14. The highest BCUT2D eigenvalue weighted by atomic mass is 35.5. The summed E-state index contributed by atoms with van der Waals surface area (Å²) in [6, 6.07) is 0. The van der Waals surface area contributed by atoms with Crippen LogP contribution >= 0.6 is 11.6 Å². The SMILES string of the molecule is O=C1CC(CCl)CN1C12CC3CC(CC(O)(C3)C1)C2. The number of hydrogen-bond donors (Lipinski definition) is 1. The van der Waals surface area contributed by atoms with E-state index in [1.165, 1.54) is 6.42 Å². The van der Waals surface area contributed by atoms with E-state index < -0.39 is 5.60 Å². The third kappa shape index (κ3) is 1.77. The molecular weight excluding hydrogens is 262 g/mol. The van der Waals surface area contributed by atoms with Gasteiger partial charge in [0.05, 0.1) is 5.60 Å². The molecule has 0 spiro atoms. The molecule has 0 aromatic heterocycles. The number of aliphatic hydroxyl groups is 1. The number of carbonyl (C=O) groups excluding carboxylic acids is 1. The van der Waals surface area contributed by atoms with E-state index in [1.807, 2.05) is 0 Å². The van der Waals surface area contributed by atoms with Gasteiger partial charge in [-0.1, -0.05) is 0 Å². The molecule has 19 heavy (non-hydrogen) atoms. The summed E-state index contributed by atoms with van der Waals surface area (Å²) in [5.74, 6) is 2.44. The maximum atomic E-state index is 12.3. The highest BCUT2D eigenvalue weighted by Crippen LogP contribution is 2.60. The average Bonchev–Trinajstić information content (AvgIpc) is 2.68. The first kappa shape index (κ1) is 12.5. The lowest BCUT2D eigenvalue weighted by atomic mass is 9.50. The van der Waals surface area contributed by atoms with E-state index in [-0.39, 0.29) is 11.4 Å². The molecule has 5 rings (SSSR count). The Morgan fingerprint density at radius 2 is 1.95 bits per heavy atom. The van der Waals surface area contributed by atoms with E-state index >= 15 is 0 Å². The zero-order chi connectivity index (χ0) is 13.3. The number of halogens is 1. The van der Waals surface area contributed by atoms with Gasteiger partial charge in [-0.3, -0.25) is 4.79 Å². The zero-order valence-electron chi connectivity index (χ0n) is 11.3. The second kappa shape index (κ2) is 3.88. The molecule has 1 aliphatic heterocycles. The summed E-state index contributed by atoms with van der Waals surface area (Å²) in [6.45, 7) is 0.817. The summed E-state index contributed by atoms with van der Waals surface area (Å²) in [5.41, 5.74) is -0.514. The van der Waals surface area contributed by atoms with E-state index in [1.54, 1.807) is 0 Å². The number of rotatable bonds is 2. The highest BCUT2D eigenvalue weighted by Gasteiger charge is 2.60. The maximum absolute atomic E-state index is 12.3. The Hall–Kier alpha value is -0.280. The van der Waals surface area contributed by atoms with Crippen molar-refractivity contribution in [2.24, 2.45) is 17.8 Å². The van der Waals surface area contributed by atoms with Crippen LogP contribution in [0.1, 0.15) is 44.9 Å². The van der Waals surface area contributed by atoms with E-state index in [0.717, 1.165) is 38.6 Å². The summed E-state index contributed by atoms with van der Waals surface area (Å²) in [6.07, 6.45) is 6.86. The summed E-state index contributed by atoms with van der Waals surface area (Å²) >= 11 is 5.95. The van der Waals surface area contributed by atoms with Crippen LogP contribution < -0.4 is 0 Å². The second-order valence-corrected chi connectivity index (χ2v) is 7.95. The van der Waals surface area contributed by atoms with Gasteiger partial charge in [0, 0.05) is 24.4 Å². The molecule has 4 heteroatoms. The van der Waals surface area contributed by atoms with Gasteiger partial charge in [-0.25, -0.2) is 0 Å². The first-order valence-electron chi connectivity index (χ1n) is 7.61. The lowest BCUT2D eigenvalue weighted by Gasteiger charge is -2.62. The molecule has 3 unspecified atom stereocenters. The molecule has 4 bridgehead atoms. The lowest BCUT2D eigenvalue weighted by Crippen LogP contribution is -2.65. The molecule has 3 nitrogen and oxygen atoms in total. The fraction of sp³-hybridized carbons (Fsp3) is 0.933. The molecule has 3 atom stereocenters. The maximum Gasteiger partial charge on any atom is 0.223 e. The van der Waals surface area contributed by atoms with Crippen LogP contribution in [0.3, 0.4) is 0 Å². The first-order chi connectivity index (χ1) is 9.02. The normalized spacial score (nSPS) is 52.2. The molecular formula is C15H22ClNO2. The second-order valence-electron chi connectivity index (χ2n) is 7.64. The molecule has 1 heterocycles. The van der Waals surface area contributed by atoms with Gasteiger partial charge in [-0.05, 0) is 56.3 Å². The molecule has 5 aliphatic rings. The Balaban J connectivity index is 1.65. The molecule has 0 aromatic rings. The predicted octanol–water partition coefficient (Wildman–Crippen LogP) is 2.16. The van der Waals surface area contributed by atoms with Crippen LogP contribution in [0.5, 0.6) is 0 Å². The summed E-state index contributed by atoms with van der Waals surface area (Å²) in [5, 5.41) is 10.8. The van der Waals surface area contributed by atoms with Gasteiger partial charge >= 0.3 is 0 Å². The van der Waals surface area contributed by atoms with Crippen LogP contribution in [-0.2, 0) is 4.79 Å². The van der Waals surface area contributed by atoms with Gasteiger partial charge < -0.3 is 10.0 Å². The van der Waals surface area contributed by atoms with Crippen molar-refractivity contribution in [3.63, 3.8) is 0 Å². The zero-order valence-corrected chi connectivity index (χ0v) is 12.0. The minimum atomic E-state index is -0.483. The predicted molar refractivity (Wildman–Crippen MR) is 72.9 cm³/mol. The number of hydrogen-bond acceptors (Lipinski definition) is 2. The molecule has 1 saturated heterocycles. The quantitative estimate of drug-likeness (QED) is 0.789. The van der Waals surface area contributed by atoms with Crippen LogP contribution in [-0.4, -0.2) is 39.5 Å². The number of amides is 1. The van der Waals surface area contributed by atoms with Gasteiger partial charge in [-0.2, -0.15) is 0 Å². The van der Waals surface area contributed by atoms with Gasteiger partial charge in [0.15, 0.2) is 0 Å². The van der Waals surface area contributed by atoms with Crippen LogP contribution in [0.2, 0.25) is 0 Å². The van der Waals surface area contributed by atoms with Crippen molar-refractivity contribution in [2.75, 3.05) is 12.4 Å². The van der Waals surface area contributed by atoms with E-state index in [0.29, 0.717) is 30.1 Å². The summed E-state index contributed by atoms with van der Waals surface area (Å²) in [7, 11) is 0. The van der Waals surface area contributed by atoms with E-state index in [2.05, 4.69) is 4.90 Å². The highest BCUT2D eigenvalue weighted by molar-refractivity contribution is 6.18. The van der Waals surface area contributed by atoms with Crippen LogP contribution in [0.4, 0.5) is 0 Å². The Labute approximate surface area is 119 Å². The van der Waals surface area contributed by atoms with Crippen LogP contribution in [0.25, 0.3) is 0 Å². The molecule has 5 fully saturated rings. The van der Waals surface area contributed by atoms with Crippen LogP contribution in [0, 0.1) is 17.8 Å². The molecule has 4 aliphatic carbocycles. The topological polar surface area (TPSA) is 40.5 Å². The third-order valence-corrected chi connectivity index (χ3v) is 6.43. The average molecular weight is 284 g/mol. The van der Waals surface area contributed by atoms with Crippen LogP contribution in [0.15, 0.2) is 0 Å². The van der Waals surface area contributed by atoms with Gasteiger partial charge in [0.25, 0.3) is 0 Å². The third-order valence-electron chi connectivity index (χ3n) is 6.00. The lowest BCUT2D eigenvalue weighted by molar-refractivity contribution is -0.179. The van der Waals surface area contributed by atoms with E-state index in [4.69, 9.17) is 11.6 Å². The standard InChI is InChI=1S/C15H22ClNO2/c16-7-12-2-13(18)17(8-12)14-3-10-1-11(4-14)6-15(19,5-10)9-14/h10-12,19H,1-9H2. The van der Waals surface area contributed by atoms with E-state index in [9.17, 15) is 9.90 Å². The Bertz CT molecular complexity index is 410. The molecule has 1 N–H and O–H groups in total. The van der Waals surface area contributed by atoms with Crippen molar-refractivity contribution in [1.29, 1.82) is 0 Å². The Kier molecular flexibility index (Phi) is 2.55. The van der Waals surface area contributed by atoms with Crippen molar-refractivity contribution < 1.29 is 9.90 Å². The monoisotopic (exact) mass is 283 g/mol. The summed E-state index contributed by atoms with van der Waals surface area (Å²) in [4.78, 5) is 14.5. The molecule has 0 aromatic carbocycles. The Morgan fingerprint density at radius 1 is 1.26 bits per heavy atom. The van der Waals surface area contributed by atoms with Crippen molar-refractivity contribution in [3.8, 4) is 0 Å². The minimum Gasteiger partial charge on any atom is -0.390 e. The molecule has 1 amide bonds. The smallest absolute Gasteiger partial charge is 0.223 e. The minimum absolute atomic E-state index is 0.0310. The van der Waals surface area contributed by atoms with Gasteiger partial charge in [-0.15, -0.1) is 11.6 Å². The fourth-order valence-corrected chi connectivity index (χ4v) is 6.03. The van der Waals surface area contributed by atoms with Crippen molar-refractivity contribution in [3.05, 3.63) is 0 Å². The van der Waals surface area contributed by atoms with Gasteiger partial charge in [0.2, 0.25) is 5.91 Å². The number of alkyl halides is 1. The number of nitrogens with zero attached hydrogens (tertiary/aromatic N) is 1.